The van der Waals surface area contributed by atoms with Crippen LogP contribution in [0.5, 0.6) is 0 Å². The van der Waals surface area contributed by atoms with Crippen LogP contribution in [0.15, 0.2) is 24.3 Å². The van der Waals surface area contributed by atoms with Gasteiger partial charge >= 0.3 is 0 Å². The molecule has 4 nitrogen and oxygen atoms in total. The lowest BCUT2D eigenvalue weighted by Crippen LogP contribution is -2.47. The van der Waals surface area contributed by atoms with Crippen LogP contribution in [0.25, 0.3) is 0 Å². The first kappa shape index (κ1) is 18.3. The lowest BCUT2D eigenvalue weighted by Gasteiger charge is -2.43. The van der Waals surface area contributed by atoms with Crippen LogP contribution in [0.4, 0.5) is 0 Å². The number of benzene rings is 1. The predicted octanol–water partition coefficient (Wildman–Crippen LogP) is 3.69. The quantitative estimate of drug-likeness (QED) is 0.803. The summed E-state index contributed by atoms with van der Waals surface area (Å²) in [5.74, 6) is 0.660. The number of likely N-dealkylation sites (tertiary alicyclic amines) is 2. The zero-order chi connectivity index (χ0) is 18.1. The number of hydrogen-bond donors (Lipinski definition) is 0. The summed E-state index contributed by atoms with van der Waals surface area (Å²) >= 11 is 6.23. The van der Waals surface area contributed by atoms with Crippen molar-refractivity contribution in [1.82, 2.24) is 9.80 Å². The molecular weight excluding hydrogens is 348 g/mol. The minimum atomic E-state index is 0.0718. The fourth-order valence-electron chi connectivity index (χ4n) is 5.06. The zero-order valence-electron chi connectivity index (χ0n) is 15.6. The summed E-state index contributed by atoms with van der Waals surface area (Å²) in [6, 6.07) is 8.16. The Hall–Kier alpha value is -1.10. The summed E-state index contributed by atoms with van der Waals surface area (Å²) in [5.41, 5.74) is 0.934. The molecule has 1 spiro atoms. The number of nitrogens with zero attached hydrogens (tertiary/aromatic N) is 2. The highest BCUT2D eigenvalue weighted by Crippen LogP contribution is 2.47. The predicted molar refractivity (Wildman–Crippen MR) is 104 cm³/mol. The van der Waals surface area contributed by atoms with Crippen LogP contribution < -0.4 is 0 Å². The Bertz CT molecular complexity index is 653. The number of ether oxygens (including phenoxy) is 1. The number of carbonyl (C=O) groups excluding carboxylic acids is 1. The fraction of sp³-hybridized carbons (Fsp3) is 0.667. The molecule has 2 aliphatic heterocycles. The number of carbonyl (C=O) groups is 1. The van der Waals surface area contributed by atoms with Gasteiger partial charge in [-0.3, -0.25) is 9.69 Å². The minimum Gasteiger partial charge on any atom is -0.384 e. The molecule has 1 aliphatic carbocycles. The molecule has 1 atom stereocenters. The van der Waals surface area contributed by atoms with Crippen LogP contribution in [0.2, 0.25) is 5.02 Å². The largest absolute Gasteiger partial charge is 0.384 e. The Kier molecular flexibility index (Phi) is 5.27. The highest BCUT2D eigenvalue weighted by Gasteiger charge is 2.50. The maximum absolute atomic E-state index is 12.9. The van der Waals surface area contributed by atoms with E-state index in [1.54, 1.807) is 6.07 Å². The van der Waals surface area contributed by atoms with Gasteiger partial charge in [0.05, 0.1) is 17.2 Å². The van der Waals surface area contributed by atoms with Gasteiger partial charge in [-0.1, -0.05) is 30.2 Å². The Balaban J connectivity index is 1.44. The summed E-state index contributed by atoms with van der Waals surface area (Å²) in [4.78, 5) is 17.6. The number of amides is 1. The highest BCUT2D eigenvalue weighted by atomic mass is 35.5. The second-order valence-corrected chi connectivity index (χ2v) is 8.71. The van der Waals surface area contributed by atoms with Crippen LogP contribution in [-0.2, 0) is 4.74 Å². The second-order valence-electron chi connectivity index (χ2n) is 8.30. The first-order valence-corrected chi connectivity index (χ1v) is 10.3. The van der Waals surface area contributed by atoms with Gasteiger partial charge in [-0.05, 0) is 43.2 Å². The van der Waals surface area contributed by atoms with Crippen LogP contribution in [0.3, 0.4) is 0 Å². The van der Waals surface area contributed by atoms with Crippen molar-refractivity contribution >= 4 is 17.5 Å². The summed E-state index contributed by atoms with van der Waals surface area (Å²) in [7, 11) is 1.82. The third kappa shape index (κ3) is 3.28. The first-order valence-electron chi connectivity index (χ1n) is 9.90. The van der Waals surface area contributed by atoms with Crippen molar-refractivity contribution in [2.24, 2.45) is 11.3 Å². The van der Waals surface area contributed by atoms with Crippen LogP contribution in [0, 0.1) is 11.3 Å². The van der Waals surface area contributed by atoms with Crippen molar-refractivity contribution in [1.29, 1.82) is 0 Å². The maximum Gasteiger partial charge on any atom is 0.255 e. The summed E-state index contributed by atoms with van der Waals surface area (Å²) in [6.07, 6.45) is 6.23. The molecule has 2 heterocycles. The first-order chi connectivity index (χ1) is 12.6. The summed E-state index contributed by atoms with van der Waals surface area (Å²) in [6.45, 7) is 4.82. The van der Waals surface area contributed by atoms with Gasteiger partial charge in [0.2, 0.25) is 0 Å². The normalized spacial score (nSPS) is 26.2. The molecule has 0 bridgehead atoms. The van der Waals surface area contributed by atoms with E-state index in [0.717, 1.165) is 45.1 Å². The van der Waals surface area contributed by atoms with Crippen molar-refractivity contribution in [3.8, 4) is 0 Å². The SMILES string of the molecule is COCC1CN(C2CCC2)CC12CCN(C(=O)c1ccccc1Cl)CC2. The number of hydrogen-bond acceptors (Lipinski definition) is 3. The molecule has 1 unspecified atom stereocenters. The van der Waals surface area contributed by atoms with E-state index in [1.165, 1.54) is 25.8 Å². The number of methoxy groups -OCH3 is 1. The number of piperidine rings is 1. The van der Waals surface area contributed by atoms with Gasteiger partial charge in [0.15, 0.2) is 0 Å². The molecular formula is C21H29ClN2O2. The van der Waals surface area contributed by atoms with Gasteiger partial charge < -0.3 is 9.64 Å². The molecule has 26 heavy (non-hydrogen) atoms. The summed E-state index contributed by atoms with van der Waals surface area (Å²) in [5, 5.41) is 0.548. The van der Waals surface area contributed by atoms with Crippen LogP contribution in [0.1, 0.15) is 42.5 Å². The van der Waals surface area contributed by atoms with Crippen LogP contribution in [-0.4, -0.2) is 61.6 Å². The van der Waals surface area contributed by atoms with Crippen molar-refractivity contribution < 1.29 is 9.53 Å². The maximum atomic E-state index is 12.9. The van der Waals surface area contributed by atoms with E-state index < -0.39 is 0 Å². The van der Waals surface area contributed by atoms with Gasteiger partial charge in [-0.2, -0.15) is 0 Å². The van der Waals surface area contributed by atoms with E-state index in [-0.39, 0.29) is 5.91 Å². The number of rotatable bonds is 4. The van der Waals surface area contributed by atoms with Crippen molar-refractivity contribution in [3.05, 3.63) is 34.9 Å². The zero-order valence-corrected chi connectivity index (χ0v) is 16.4. The highest BCUT2D eigenvalue weighted by molar-refractivity contribution is 6.33. The molecule has 0 N–H and O–H groups in total. The fourth-order valence-corrected chi connectivity index (χ4v) is 5.28. The van der Waals surface area contributed by atoms with E-state index in [1.807, 2.05) is 30.2 Å². The lowest BCUT2D eigenvalue weighted by atomic mass is 9.71. The van der Waals surface area contributed by atoms with Crippen molar-refractivity contribution in [2.45, 2.75) is 38.1 Å². The van der Waals surface area contributed by atoms with E-state index in [4.69, 9.17) is 16.3 Å². The minimum absolute atomic E-state index is 0.0718. The molecule has 0 aromatic heterocycles. The number of halogens is 1. The smallest absolute Gasteiger partial charge is 0.255 e. The molecule has 3 aliphatic rings. The third-order valence-electron chi connectivity index (χ3n) is 6.95. The van der Waals surface area contributed by atoms with Crippen LogP contribution >= 0.6 is 11.6 Å². The molecule has 1 amide bonds. The van der Waals surface area contributed by atoms with E-state index in [0.29, 0.717) is 21.9 Å². The molecule has 3 fully saturated rings. The Labute approximate surface area is 161 Å². The Morgan fingerprint density at radius 2 is 2.00 bits per heavy atom. The second kappa shape index (κ2) is 7.49. The average Bonchev–Trinajstić information content (AvgIpc) is 2.92. The van der Waals surface area contributed by atoms with Gasteiger partial charge in [0, 0.05) is 45.2 Å². The molecule has 1 aromatic carbocycles. The lowest BCUT2D eigenvalue weighted by molar-refractivity contribution is 0.0312. The van der Waals surface area contributed by atoms with Gasteiger partial charge in [-0.15, -0.1) is 0 Å². The van der Waals surface area contributed by atoms with E-state index in [2.05, 4.69) is 4.90 Å². The van der Waals surface area contributed by atoms with Crippen molar-refractivity contribution in [2.75, 3.05) is 39.9 Å². The molecule has 5 heteroatoms. The molecule has 142 valence electrons. The Morgan fingerprint density at radius 3 is 2.62 bits per heavy atom. The van der Waals surface area contributed by atoms with Gasteiger partial charge in [-0.25, -0.2) is 0 Å². The van der Waals surface area contributed by atoms with Gasteiger partial charge in [0.1, 0.15) is 0 Å². The van der Waals surface area contributed by atoms with E-state index >= 15 is 0 Å². The van der Waals surface area contributed by atoms with Crippen molar-refractivity contribution in [3.63, 3.8) is 0 Å². The molecule has 2 saturated heterocycles. The molecule has 4 rings (SSSR count). The summed E-state index contributed by atoms with van der Waals surface area (Å²) < 4.78 is 5.57. The molecule has 1 aromatic rings. The van der Waals surface area contributed by atoms with E-state index in [9.17, 15) is 4.79 Å². The standard InChI is InChI=1S/C21H29ClN2O2/c1-26-14-16-13-24(17-5-4-6-17)15-21(16)9-11-23(12-10-21)20(25)18-7-2-3-8-19(18)22/h2-3,7-8,16-17H,4-6,9-15H2,1H3. The van der Waals surface area contributed by atoms with Gasteiger partial charge in [0.25, 0.3) is 5.91 Å². The molecule has 0 radical (unpaired) electrons. The average molecular weight is 377 g/mol. The topological polar surface area (TPSA) is 32.8 Å². The Morgan fingerprint density at radius 1 is 1.27 bits per heavy atom. The monoisotopic (exact) mass is 376 g/mol. The third-order valence-corrected chi connectivity index (χ3v) is 7.28. The molecule has 1 saturated carbocycles.